The number of quaternary nitrogens is 2. The second-order valence-electron chi connectivity index (χ2n) is 17.0. The number of nitrogens with zero attached hydrogens (tertiary/aromatic N) is 1. The lowest BCUT2D eigenvalue weighted by molar-refractivity contribution is -0.891. The van der Waals surface area contributed by atoms with E-state index in [1.807, 2.05) is 0 Å². The Morgan fingerprint density at radius 1 is 0.311 bits per heavy atom. The van der Waals surface area contributed by atoms with Crippen LogP contribution >= 0.6 is 0 Å². The van der Waals surface area contributed by atoms with E-state index in [4.69, 9.17) is 0 Å². The molecule has 0 radical (unpaired) electrons. The van der Waals surface area contributed by atoms with Crippen molar-refractivity contribution in [3.8, 4) is 0 Å². The summed E-state index contributed by atoms with van der Waals surface area (Å²) in [6, 6.07) is 87.1. The molecule has 0 unspecified atom stereocenters. The minimum atomic E-state index is -1.22. The predicted octanol–water partition coefficient (Wildman–Crippen LogP) is 6.62. The number of rotatable bonds is 14. The third kappa shape index (κ3) is 10.8. The smallest absolute Gasteiger partial charge is 0.108 e. The third-order valence-electron chi connectivity index (χ3n) is 12.5. The monoisotopic (exact) mass is 799 g/mol. The summed E-state index contributed by atoms with van der Waals surface area (Å²) in [7, 11) is 4.62. The fourth-order valence-corrected chi connectivity index (χ4v) is 9.48. The maximum atomic E-state index is 3.86. The number of unbranched alkanes of at least 4 members (excludes halogenated alkanes) is 1. The van der Waals surface area contributed by atoms with Gasteiger partial charge in [0.2, 0.25) is 0 Å². The van der Waals surface area contributed by atoms with Crippen molar-refractivity contribution >= 4 is 56.0 Å². The molecule has 8 rings (SSSR count). The molecule has 0 aromatic heterocycles. The summed E-state index contributed by atoms with van der Waals surface area (Å²) in [5, 5.41) is 0. The van der Waals surface area contributed by atoms with Gasteiger partial charge in [-0.3, -0.25) is 0 Å². The van der Waals surface area contributed by atoms with E-state index in [9.17, 15) is 0 Å². The van der Waals surface area contributed by atoms with Crippen molar-refractivity contribution in [1.29, 1.82) is 0 Å². The molecule has 0 fully saturated rings. The maximum Gasteiger partial charge on any atom is 0.108 e. The standard InChI is InChI=1S/2C24H20B.C9H23N2/c2*1-5-13-21(14-6-1)25(22-15-7-2-8-16-22,23-17-9-3-10-18-23)24-19-11-4-12-20-24;1-4-5-8-11(2,3)9-6-7-10/h2*1-20H;4-10H2,1-3H3/q2*-1;+1/p+1. The highest BCUT2D eigenvalue weighted by molar-refractivity contribution is 7.20. The van der Waals surface area contributed by atoms with E-state index < -0.39 is 12.3 Å². The van der Waals surface area contributed by atoms with E-state index in [0.717, 1.165) is 6.54 Å². The third-order valence-corrected chi connectivity index (χ3v) is 12.5. The van der Waals surface area contributed by atoms with Crippen molar-refractivity contribution in [3.05, 3.63) is 243 Å². The molecular formula is C57H64B2N2. The van der Waals surface area contributed by atoms with Crippen LogP contribution in [-0.4, -0.2) is 50.5 Å². The summed E-state index contributed by atoms with van der Waals surface area (Å²) >= 11 is 0. The molecule has 0 saturated heterocycles. The van der Waals surface area contributed by atoms with Crippen LogP contribution in [0, 0.1) is 0 Å². The van der Waals surface area contributed by atoms with Crippen LogP contribution in [0.3, 0.4) is 0 Å². The molecular weight excluding hydrogens is 734 g/mol. The molecule has 0 saturated carbocycles. The first kappa shape index (κ1) is 44.4. The van der Waals surface area contributed by atoms with Crippen molar-refractivity contribution < 1.29 is 10.2 Å². The van der Waals surface area contributed by atoms with Crippen molar-refractivity contribution in [1.82, 2.24) is 0 Å². The first-order valence-electron chi connectivity index (χ1n) is 22.3. The van der Waals surface area contributed by atoms with Gasteiger partial charge in [-0.05, 0) is 6.42 Å². The van der Waals surface area contributed by atoms with Gasteiger partial charge in [-0.25, -0.2) is 0 Å². The van der Waals surface area contributed by atoms with Crippen molar-refractivity contribution in [2.45, 2.75) is 26.2 Å². The van der Waals surface area contributed by atoms with Crippen LogP contribution in [0.1, 0.15) is 26.2 Å². The zero-order chi connectivity index (χ0) is 42.6. The summed E-state index contributed by atoms with van der Waals surface area (Å²) in [5.41, 5.74) is 14.6. The van der Waals surface area contributed by atoms with E-state index in [0.29, 0.717) is 0 Å². The highest BCUT2D eigenvalue weighted by Gasteiger charge is 2.32. The molecule has 0 bridgehead atoms. The van der Waals surface area contributed by atoms with Crippen LogP contribution in [0.25, 0.3) is 0 Å². The molecule has 4 heteroatoms. The molecule has 0 atom stereocenters. The van der Waals surface area contributed by atoms with Gasteiger partial charge in [-0.2, -0.15) is 43.7 Å². The Morgan fingerprint density at radius 3 is 0.656 bits per heavy atom. The van der Waals surface area contributed by atoms with Gasteiger partial charge in [0.1, 0.15) is 12.3 Å². The van der Waals surface area contributed by atoms with Crippen LogP contribution in [0.2, 0.25) is 0 Å². The Kier molecular flexibility index (Phi) is 16.3. The molecule has 308 valence electrons. The Balaban J connectivity index is 0.000000166. The van der Waals surface area contributed by atoms with Gasteiger partial charge in [-0.15, -0.1) is 0 Å². The Labute approximate surface area is 367 Å². The largest absolute Gasteiger partial charge is 0.357 e. The minimum absolute atomic E-state index is 1.08. The average Bonchev–Trinajstić information content (AvgIpc) is 3.34. The van der Waals surface area contributed by atoms with Crippen molar-refractivity contribution in [3.63, 3.8) is 0 Å². The predicted molar refractivity (Wildman–Crippen MR) is 269 cm³/mol. The molecule has 3 N–H and O–H groups in total. The van der Waals surface area contributed by atoms with E-state index in [1.54, 1.807) is 0 Å². The van der Waals surface area contributed by atoms with E-state index >= 15 is 0 Å². The zero-order valence-electron chi connectivity index (χ0n) is 36.6. The Hall–Kier alpha value is -6.19. The highest BCUT2D eigenvalue weighted by Crippen LogP contribution is 2.11. The van der Waals surface area contributed by atoms with Gasteiger partial charge < -0.3 is 10.2 Å². The van der Waals surface area contributed by atoms with Crippen LogP contribution in [-0.2, 0) is 0 Å². The van der Waals surface area contributed by atoms with Gasteiger partial charge in [-0.1, -0.05) is 256 Å². The van der Waals surface area contributed by atoms with Gasteiger partial charge in [0.25, 0.3) is 0 Å². The second-order valence-corrected chi connectivity index (χ2v) is 17.0. The lowest BCUT2D eigenvalue weighted by Gasteiger charge is -2.44. The van der Waals surface area contributed by atoms with Crippen molar-refractivity contribution in [2.24, 2.45) is 0 Å². The topological polar surface area (TPSA) is 27.6 Å². The van der Waals surface area contributed by atoms with Crippen LogP contribution in [0.15, 0.2) is 243 Å². The van der Waals surface area contributed by atoms with Gasteiger partial charge in [0, 0.05) is 6.42 Å². The molecule has 0 aliphatic carbocycles. The number of hydrogen-bond acceptors (Lipinski definition) is 0. The second kappa shape index (κ2) is 22.4. The lowest BCUT2D eigenvalue weighted by atomic mass is 9.13. The average molecular weight is 799 g/mol. The van der Waals surface area contributed by atoms with Gasteiger partial charge in [0.15, 0.2) is 0 Å². The Bertz CT molecular complexity index is 1880. The zero-order valence-corrected chi connectivity index (χ0v) is 36.6. The molecule has 0 amide bonds. The van der Waals surface area contributed by atoms with Gasteiger partial charge >= 0.3 is 0 Å². The summed E-state index contributed by atoms with van der Waals surface area (Å²) in [6.45, 7) is 5.93. The number of hydrogen-bond donors (Lipinski definition) is 1. The summed E-state index contributed by atoms with van der Waals surface area (Å²) in [6.07, 6.45) is 1.49. The fourth-order valence-electron chi connectivity index (χ4n) is 9.48. The van der Waals surface area contributed by atoms with Crippen molar-refractivity contribution in [2.75, 3.05) is 33.7 Å². The molecule has 0 aliphatic rings. The lowest BCUT2D eigenvalue weighted by Crippen LogP contribution is -2.74. The van der Waals surface area contributed by atoms with E-state index in [2.05, 4.69) is 269 Å². The van der Waals surface area contributed by atoms with Crippen LogP contribution in [0.4, 0.5) is 0 Å². The summed E-state index contributed by atoms with van der Waals surface area (Å²) in [4.78, 5) is 0. The normalized spacial score (nSPS) is 11.3. The minimum Gasteiger partial charge on any atom is -0.357 e. The summed E-state index contributed by atoms with van der Waals surface area (Å²) in [5.74, 6) is 0. The first-order chi connectivity index (χ1) is 30.0. The molecule has 0 aliphatic heterocycles. The fraction of sp³-hybridized carbons (Fsp3) is 0.158. The molecule has 8 aromatic carbocycles. The molecule has 61 heavy (non-hydrogen) atoms. The quantitative estimate of drug-likeness (QED) is 0.0948. The Morgan fingerprint density at radius 2 is 0.492 bits per heavy atom. The first-order valence-corrected chi connectivity index (χ1v) is 22.3. The molecule has 0 spiro atoms. The van der Waals surface area contributed by atoms with E-state index in [1.165, 1.54) is 80.5 Å². The highest BCUT2D eigenvalue weighted by atomic mass is 15.3. The molecule has 0 heterocycles. The SMILES string of the molecule is CCCC[N+](C)(C)CCC[NH3+].c1ccc([B-](c2ccccc2)(c2ccccc2)c2ccccc2)cc1.c1ccc([B-](c2ccccc2)(c2ccccc2)c2ccccc2)cc1. The number of benzene rings is 8. The molecule has 8 aromatic rings. The van der Waals surface area contributed by atoms with Crippen LogP contribution < -0.4 is 49.4 Å². The van der Waals surface area contributed by atoms with E-state index in [-0.39, 0.29) is 0 Å². The van der Waals surface area contributed by atoms with Gasteiger partial charge in [0.05, 0.1) is 33.7 Å². The van der Waals surface area contributed by atoms with Crippen LogP contribution in [0.5, 0.6) is 0 Å². The summed E-state index contributed by atoms with van der Waals surface area (Å²) < 4.78 is 1.17. The maximum absolute atomic E-state index is 3.86. The molecule has 2 nitrogen and oxygen atoms in total.